The highest BCUT2D eigenvalue weighted by Crippen LogP contribution is 2.18. The van der Waals surface area contributed by atoms with E-state index in [-0.39, 0.29) is 5.97 Å². The number of rotatable bonds is 16. The van der Waals surface area contributed by atoms with Gasteiger partial charge in [-0.25, -0.2) is 0 Å². The van der Waals surface area contributed by atoms with Crippen molar-refractivity contribution < 1.29 is 9.53 Å². The van der Waals surface area contributed by atoms with Crippen molar-refractivity contribution in [1.29, 1.82) is 0 Å². The van der Waals surface area contributed by atoms with Gasteiger partial charge in [0.05, 0.1) is 0 Å². The molecule has 1 rings (SSSR count). The Bertz CT molecular complexity index is 447. The molecule has 0 spiro atoms. The minimum atomic E-state index is -0.0919. The van der Waals surface area contributed by atoms with E-state index >= 15 is 0 Å². The number of pyridine rings is 1. The van der Waals surface area contributed by atoms with Crippen molar-refractivity contribution in [1.82, 2.24) is 4.98 Å². The summed E-state index contributed by atoms with van der Waals surface area (Å²) in [6, 6.07) is 3.78. The SMILES string of the molecule is CCCCCCC(C)CCCCCCCCC(=O)OCc1cccnc1. The highest BCUT2D eigenvalue weighted by Gasteiger charge is 2.04. The maximum atomic E-state index is 11.7. The van der Waals surface area contributed by atoms with E-state index < -0.39 is 0 Å². The molecule has 148 valence electrons. The summed E-state index contributed by atoms with van der Waals surface area (Å²) in [7, 11) is 0. The topological polar surface area (TPSA) is 39.2 Å². The standard InChI is InChI=1S/C23H39NO2/c1-3-4-5-10-14-21(2)15-11-8-6-7-9-12-17-23(25)26-20-22-16-13-18-24-19-22/h13,16,18-19,21H,3-12,14-15,17,20H2,1-2H3. The Hall–Kier alpha value is -1.38. The van der Waals surface area contributed by atoms with E-state index in [2.05, 4.69) is 18.8 Å². The maximum Gasteiger partial charge on any atom is 0.306 e. The molecule has 0 aliphatic carbocycles. The zero-order valence-corrected chi connectivity index (χ0v) is 17.0. The lowest BCUT2D eigenvalue weighted by molar-refractivity contribution is -0.145. The van der Waals surface area contributed by atoms with Gasteiger partial charge < -0.3 is 4.74 Å². The molecule has 0 saturated carbocycles. The van der Waals surface area contributed by atoms with Crippen molar-refractivity contribution in [3.63, 3.8) is 0 Å². The second kappa shape index (κ2) is 15.8. The number of hydrogen-bond acceptors (Lipinski definition) is 3. The first-order valence-corrected chi connectivity index (χ1v) is 10.8. The van der Waals surface area contributed by atoms with Gasteiger partial charge in [0.2, 0.25) is 0 Å². The molecule has 3 nitrogen and oxygen atoms in total. The average molecular weight is 362 g/mol. The average Bonchev–Trinajstić information content (AvgIpc) is 2.66. The molecule has 0 amide bonds. The van der Waals surface area contributed by atoms with Gasteiger partial charge in [0.15, 0.2) is 0 Å². The fourth-order valence-electron chi connectivity index (χ4n) is 3.25. The smallest absolute Gasteiger partial charge is 0.306 e. The first-order valence-electron chi connectivity index (χ1n) is 10.8. The monoisotopic (exact) mass is 361 g/mol. The number of carbonyl (C=O) groups is 1. The number of ether oxygens (including phenoxy) is 1. The number of aromatic nitrogens is 1. The Kier molecular flexibility index (Phi) is 13.8. The molecule has 1 aromatic rings. The summed E-state index contributed by atoms with van der Waals surface area (Å²) < 4.78 is 5.27. The van der Waals surface area contributed by atoms with Crippen LogP contribution in [0.3, 0.4) is 0 Å². The van der Waals surface area contributed by atoms with Crippen LogP contribution in [0.2, 0.25) is 0 Å². The zero-order chi connectivity index (χ0) is 18.9. The van der Waals surface area contributed by atoms with Crippen molar-refractivity contribution in [2.45, 2.75) is 104 Å². The van der Waals surface area contributed by atoms with Crippen LogP contribution in [0.25, 0.3) is 0 Å². The molecule has 0 aliphatic rings. The van der Waals surface area contributed by atoms with Gasteiger partial charge in [0, 0.05) is 24.4 Å². The van der Waals surface area contributed by atoms with Crippen LogP contribution in [-0.2, 0) is 16.1 Å². The Labute approximate surface area is 160 Å². The van der Waals surface area contributed by atoms with Gasteiger partial charge in [-0.2, -0.15) is 0 Å². The van der Waals surface area contributed by atoms with Crippen LogP contribution in [0.1, 0.15) is 103 Å². The summed E-state index contributed by atoms with van der Waals surface area (Å²) in [6.07, 6.45) is 19.6. The summed E-state index contributed by atoms with van der Waals surface area (Å²) in [5.74, 6) is 0.798. The summed E-state index contributed by atoms with van der Waals surface area (Å²) in [5, 5.41) is 0. The molecule has 1 atom stereocenters. The van der Waals surface area contributed by atoms with Gasteiger partial charge in [-0.3, -0.25) is 9.78 Å². The van der Waals surface area contributed by atoms with Gasteiger partial charge >= 0.3 is 5.97 Å². The molecular weight excluding hydrogens is 322 g/mol. The maximum absolute atomic E-state index is 11.7. The van der Waals surface area contributed by atoms with Crippen LogP contribution >= 0.6 is 0 Å². The van der Waals surface area contributed by atoms with Crippen LogP contribution < -0.4 is 0 Å². The molecule has 0 aromatic carbocycles. The molecule has 0 saturated heterocycles. The van der Waals surface area contributed by atoms with Crippen molar-refractivity contribution in [3.8, 4) is 0 Å². The van der Waals surface area contributed by atoms with E-state index in [1.165, 1.54) is 64.2 Å². The number of unbranched alkanes of at least 4 members (excludes halogenated alkanes) is 8. The lowest BCUT2D eigenvalue weighted by Gasteiger charge is -2.10. The first kappa shape index (κ1) is 22.7. The second-order valence-electron chi connectivity index (χ2n) is 7.64. The van der Waals surface area contributed by atoms with E-state index in [0.717, 1.165) is 24.3 Å². The van der Waals surface area contributed by atoms with Crippen LogP contribution in [0.15, 0.2) is 24.5 Å². The third-order valence-electron chi connectivity index (χ3n) is 5.00. The van der Waals surface area contributed by atoms with Crippen molar-refractivity contribution >= 4 is 5.97 Å². The number of hydrogen-bond donors (Lipinski definition) is 0. The molecular formula is C23H39NO2. The molecule has 0 N–H and O–H groups in total. The lowest BCUT2D eigenvalue weighted by Crippen LogP contribution is -2.04. The van der Waals surface area contributed by atoms with Crippen LogP contribution in [0.5, 0.6) is 0 Å². The third kappa shape index (κ3) is 12.9. The quantitative estimate of drug-likeness (QED) is 0.239. The van der Waals surface area contributed by atoms with Crippen LogP contribution in [-0.4, -0.2) is 11.0 Å². The fourth-order valence-corrected chi connectivity index (χ4v) is 3.25. The Balaban J connectivity index is 1.86. The molecule has 1 heterocycles. The highest BCUT2D eigenvalue weighted by molar-refractivity contribution is 5.69. The summed E-state index contributed by atoms with van der Waals surface area (Å²) in [6.45, 7) is 5.02. The molecule has 26 heavy (non-hydrogen) atoms. The number of esters is 1. The fraction of sp³-hybridized carbons (Fsp3) is 0.739. The number of nitrogens with zero attached hydrogens (tertiary/aromatic N) is 1. The van der Waals surface area contributed by atoms with Gasteiger partial charge in [-0.05, 0) is 18.4 Å². The Morgan fingerprint density at radius 2 is 1.65 bits per heavy atom. The van der Waals surface area contributed by atoms with E-state index in [1.54, 1.807) is 12.4 Å². The van der Waals surface area contributed by atoms with E-state index in [1.807, 2.05) is 12.1 Å². The first-order chi connectivity index (χ1) is 12.7. The third-order valence-corrected chi connectivity index (χ3v) is 5.00. The predicted octanol–water partition coefficient (Wildman–Crippen LogP) is 6.85. The van der Waals surface area contributed by atoms with Crippen LogP contribution in [0, 0.1) is 5.92 Å². The summed E-state index contributed by atoms with van der Waals surface area (Å²) in [5.41, 5.74) is 0.945. The molecule has 0 aliphatic heterocycles. The molecule has 3 heteroatoms. The zero-order valence-electron chi connectivity index (χ0n) is 17.0. The normalized spacial score (nSPS) is 12.1. The van der Waals surface area contributed by atoms with Crippen molar-refractivity contribution in [3.05, 3.63) is 30.1 Å². The largest absolute Gasteiger partial charge is 0.461 e. The van der Waals surface area contributed by atoms with Gasteiger partial charge in [0.25, 0.3) is 0 Å². The minimum absolute atomic E-state index is 0.0919. The van der Waals surface area contributed by atoms with Crippen LogP contribution in [0.4, 0.5) is 0 Å². The Morgan fingerprint density at radius 1 is 1.00 bits per heavy atom. The molecule has 0 radical (unpaired) electrons. The summed E-state index contributed by atoms with van der Waals surface area (Å²) in [4.78, 5) is 15.7. The molecule has 1 unspecified atom stereocenters. The Morgan fingerprint density at radius 3 is 2.31 bits per heavy atom. The van der Waals surface area contributed by atoms with E-state index in [4.69, 9.17) is 4.74 Å². The lowest BCUT2D eigenvalue weighted by atomic mass is 9.96. The van der Waals surface area contributed by atoms with Crippen molar-refractivity contribution in [2.75, 3.05) is 0 Å². The summed E-state index contributed by atoms with van der Waals surface area (Å²) >= 11 is 0. The molecule has 0 fully saturated rings. The molecule has 1 aromatic heterocycles. The van der Waals surface area contributed by atoms with Crippen molar-refractivity contribution in [2.24, 2.45) is 5.92 Å². The van der Waals surface area contributed by atoms with Gasteiger partial charge in [0.1, 0.15) is 6.61 Å². The van der Waals surface area contributed by atoms with Gasteiger partial charge in [-0.1, -0.05) is 90.5 Å². The minimum Gasteiger partial charge on any atom is -0.461 e. The van der Waals surface area contributed by atoms with Gasteiger partial charge in [-0.15, -0.1) is 0 Å². The highest BCUT2D eigenvalue weighted by atomic mass is 16.5. The second-order valence-corrected chi connectivity index (χ2v) is 7.64. The predicted molar refractivity (Wildman–Crippen MR) is 109 cm³/mol. The van der Waals surface area contributed by atoms with E-state index in [9.17, 15) is 4.79 Å². The number of carbonyl (C=O) groups excluding carboxylic acids is 1. The van der Waals surface area contributed by atoms with E-state index in [0.29, 0.717) is 13.0 Å². The molecule has 0 bridgehead atoms.